The third-order valence-corrected chi connectivity index (χ3v) is 7.67. The van der Waals surface area contributed by atoms with Crippen LogP contribution < -0.4 is 5.43 Å². The Morgan fingerprint density at radius 1 is 1.28 bits per heavy atom. The molecule has 1 aromatic carbocycles. The van der Waals surface area contributed by atoms with E-state index >= 15 is 0 Å². The molecular formula is C23H28N4OS. The Balaban J connectivity index is 1.67. The second-order valence-electron chi connectivity index (χ2n) is 8.54. The van der Waals surface area contributed by atoms with E-state index in [4.69, 9.17) is 0 Å². The molecule has 0 aliphatic heterocycles. The molecule has 1 atom stereocenters. The number of phenols is 1. The third kappa shape index (κ3) is 3.86. The molecule has 0 spiro atoms. The highest BCUT2D eigenvalue weighted by atomic mass is 32.1. The predicted octanol–water partition coefficient (Wildman–Crippen LogP) is 5.77. The van der Waals surface area contributed by atoms with E-state index in [9.17, 15) is 5.11 Å². The van der Waals surface area contributed by atoms with Gasteiger partial charge < -0.3 is 5.11 Å². The Morgan fingerprint density at radius 3 is 2.76 bits per heavy atom. The van der Waals surface area contributed by atoms with Gasteiger partial charge in [-0.2, -0.15) is 5.10 Å². The van der Waals surface area contributed by atoms with E-state index in [-0.39, 0.29) is 5.75 Å². The molecular weight excluding hydrogens is 380 g/mol. The van der Waals surface area contributed by atoms with Gasteiger partial charge in [0.2, 0.25) is 0 Å². The van der Waals surface area contributed by atoms with Crippen LogP contribution in [0, 0.1) is 11.3 Å². The Kier molecular flexibility index (Phi) is 5.30. The molecule has 2 heterocycles. The summed E-state index contributed by atoms with van der Waals surface area (Å²) in [6.45, 7) is 9.01. The fraction of sp³-hybridized carbons (Fsp3) is 0.435. The number of thiophene rings is 1. The lowest BCUT2D eigenvalue weighted by atomic mass is 9.69. The van der Waals surface area contributed by atoms with Crippen molar-refractivity contribution in [2.45, 2.75) is 53.4 Å². The number of anilines is 1. The van der Waals surface area contributed by atoms with Crippen LogP contribution in [0.1, 0.15) is 56.5 Å². The second kappa shape index (κ2) is 7.75. The summed E-state index contributed by atoms with van der Waals surface area (Å²) in [5.74, 6) is 1.70. The molecule has 4 rings (SSSR count). The van der Waals surface area contributed by atoms with Crippen LogP contribution >= 0.6 is 11.3 Å². The molecule has 2 N–H and O–H groups in total. The number of phenolic OH excluding ortho intramolecular Hbond substituents is 1. The summed E-state index contributed by atoms with van der Waals surface area (Å²) in [5.41, 5.74) is 6.72. The number of nitrogens with one attached hydrogen (secondary N) is 1. The highest BCUT2D eigenvalue weighted by Crippen LogP contribution is 2.45. The normalized spacial score (nSPS) is 17.4. The fourth-order valence-electron chi connectivity index (χ4n) is 4.05. The molecule has 2 aromatic heterocycles. The van der Waals surface area contributed by atoms with Gasteiger partial charge in [0.05, 0.1) is 11.1 Å². The van der Waals surface area contributed by atoms with Crippen LogP contribution in [0.2, 0.25) is 0 Å². The van der Waals surface area contributed by atoms with Crippen LogP contribution in [-0.2, 0) is 12.8 Å². The molecule has 0 unspecified atom stereocenters. The van der Waals surface area contributed by atoms with E-state index < -0.39 is 0 Å². The molecule has 0 fully saturated rings. The fourth-order valence-corrected chi connectivity index (χ4v) is 5.24. The van der Waals surface area contributed by atoms with Crippen LogP contribution in [-0.4, -0.2) is 20.8 Å². The van der Waals surface area contributed by atoms with Crippen LogP contribution in [0.5, 0.6) is 5.75 Å². The Morgan fingerprint density at radius 2 is 2.03 bits per heavy atom. The maximum Gasteiger partial charge on any atom is 0.158 e. The number of nitrogens with zero attached hydrogens (tertiary/aromatic N) is 3. The molecule has 1 aliphatic carbocycles. The van der Waals surface area contributed by atoms with Gasteiger partial charge in [0.25, 0.3) is 0 Å². The molecule has 5 nitrogen and oxygen atoms in total. The van der Waals surface area contributed by atoms with E-state index in [2.05, 4.69) is 41.3 Å². The maximum atomic E-state index is 9.48. The van der Waals surface area contributed by atoms with Crippen LogP contribution in [0.25, 0.3) is 10.2 Å². The van der Waals surface area contributed by atoms with Crippen molar-refractivity contribution in [3.8, 4) is 5.75 Å². The van der Waals surface area contributed by atoms with Gasteiger partial charge in [-0.05, 0) is 72.9 Å². The summed E-state index contributed by atoms with van der Waals surface area (Å²) in [5, 5.41) is 15.2. The monoisotopic (exact) mass is 408 g/mol. The third-order valence-electron chi connectivity index (χ3n) is 6.47. The minimum atomic E-state index is 0.251. The molecule has 0 saturated carbocycles. The minimum Gasteiger partial charge on any atom is -0.508 e. The first-order valence-electron chi connectivity index (χ1n) is 10.2. The molecule has 0 bridgehead atoms. The number of aromatic nitrogens is 2. The van der Waals surface area contributed by atoms with Crippen LogP contribution in [0.15, 0.2) is 35.7 Å². The lowest BCUT2D eigenvalue weighted by Gasteiger charge is -2.36. The summed E-state index contributed by atoms with van der Waals surface area (Å²) in [6, 6.07) is 7.05. The van der Waals surface area contributed by atoms with Gasteiger partial charge in [-0.25, -0.2) is 9.97 Å². The highest BCUT2D eigenvalue weighted by Gasteiger charge is 2.33. The van der Waals surface area contributed by atoms with Gasteiger partial charge in [-0.15, -0.1) is 11.3 Å². The molecule has 152 valence electrons. The summed E-state index contributed by atoms with van der Waals surface area (Å²) in [6.07, 6.45) is 6.26. The summed E-state index contributed by atoms with van der Waals surface area (Å²) in [4.78, 5) is 11.5. The van der Waals surface area contributed by atoms with Gasteiger partial charge >= 0.3 is 0 Å². The number of hydrazone groups is 1. The summed E-state index contributed by atoms with van der Waals surface area (Å²) < 4.78 is 0. The van der Waals surface area contributed by atoms with Crippen molar-refractivity contribution >= 4 is 33.1 Å². The van der Waals surface area contributed by atoms with Crippen LogP contribution in [0.3, 0.4) is 0 Å². The SMILES string of the molecule is CCC(C)(C)[C@H]1CCc2sc3ncnc(N/N=C(\C)c4ccc(O)cc4)c3c2C1. The predicted molar refractivity (Wildman–Crippen MR) is 121 cm³/mol. The molecule has 1 aliphatic rings. The molecule has 0 radical (unpaired) electrons. The Labute approximate surface area is 175 Å². The number of hydrogen-bond donors (Lipinski definition) is 2. The van der Waals surface area contributed by atoms with E-state index in [1.807, 2.05) is 19.1 Å². The van der Waals surface area contributed by atoms with Gasteiger partial charge in [-0.3, -0.25) is 5.43 Å². The van der Waals surface area contributed by atoms with Crippen molar-refractivity contribution in [3.05, 3.63) is 46.6 Å². The van der Waals surface area contributed by atoms with Crippen molar-refractivity contribution in [1.29, 1.82) is 0 Å². The number of hydrogen-bond acceptors (Lipinski definition) is 6. The van der Waals surface area contributed by atoms with E-state index in [1.165, 1.54) is 23.3 Å². The van der Waals surface area contributed by atoms with Crippen LogP contribution in [0.4, 0.5) is 5.82 Å². The lowest BCUT2D eigenvalue weighted by Crippen LogP contribution is -2.28. The van der Waals surface area contributed by atoms with E-state index in [0.717, 1.165) is 40.2 Å². The summed E-state index contributed by atoms with van der Waals surface area (Å²) in [7, 11) is 0. The van der Waals surface area contributed by atoms with Crippen molar-refractivity contribution in [3.63, 3.8) is 0 Å². The average Bonchev–Trinajstić information content (AvgIpc) is 3.11. The smallest absolute Gasteiger partial charge is 0.158 e. The number of benzene rings is 1. The summed E-state index contributed by atoms with van der Waals surface area (Å²) >= 11 is 1.80. The van der Waals surface area contributed by atoms with E-state index in [0.29, 0.717) is 11.3 Å². The average molecular weight is 409 g/mol. The van der Waals surface area contributed by atoms with Gasteiger partial charge in [-0.1, -0.05) is 27.2 Å². The van der Waals surface area contributed by atoms with Gasteiger partial charge in [0, 0.05) is 4.88 Å². The number of aromatic hydroxyl groups is 1. The van der Waals surface area contributed by atoms with Crippen molar-refractivity contribution < 1.29 is 5.11 Å². The maximum absolute atomic E-state index is 9.48. The number of fused-ring (bicyclic) bond motifs is 3. The van der Waals surface area contributed by atoms with Crippen molar-refractivity contribution in [2.75, 3.05) is 5.43 Å². The van der Waals surface area contributed by atoms with Gasteiger partial charge in [0.1, 0.15) is 16.9 Å². The zero-order chi connectivity index (χ0) is 20.6. The highest BCUT2D eigenvalue weighted by molar-refractivity contribution is 7.19. The second-order valence-corrected chi connectivity index (χ2v) is 9.63. The Bertz CT molecular complexity index is 1050. The first-order valence-corrected chi connectivity index (χ1v) is 11.1. The molecule has 3 aromatic rings. The first kappa shape index (κ1) is 19.8. The molecule has 0 amide bonds. The molecule has 6 heteroatoms. The largest absolute Gasteiger partial charge is 0.508 e. The van der Waals surface area contributed by atoms with Crippen molar-refractivity contribution in [1.82, 2.24) is 9.97 Å². The zero-order valence-corrected chi connectivity index (χ0v) is 18.3. The topological polar surface area (TPSA) is 70.4 Å². The quantitative estimate of drug-likeness (QED) is 0.415. The standard InChI is InChI=1S/C23H28N4OS/c1-5-23(3,4)16-8-11-19-18(12-16)20-21(24-13-25-22(20)29-19)27-26-14(2)15-6-9-17(28)10-7-15/h6-7,9-10,13,16,28H,5,8,11-12H2,1-4H3,(H,24,25,27)/b26-14+/t16-/m0/s1. The van der Waals surface area contributed by atoms with Gasteiger partial charge in [0.15, 0.2) is 5.82 Å². The zero-order valence-electron chi connectivity index (χ0n) is 17.5. The minimum absolute atomic E-state index is 0.251. The number of rotatable bonds is 5. The number of aryl methyl sites for hydroxylation is 1. The lowest BCUT2D eigenvalue weighted by molar-refractivity contribution is 0.184. The van der Waals surface area contributed by atoms with E-state index in [1.54, 1.807) is 29.8 Å². The molecule has 29 heavy (non-hydrogen) atoms. The molecule has 0 saturated heterocycles. The first-order chi connectivity index (χ1) is 13.9. The Hall–Kier alpha value is -2.47. The van der Waals surface area contributed by atoms with Crippen molar-refractivity contribution in [2.24, 2.45) is 16.4 Å².